The van der Waals surface area contributed by atoms with Crippen LogP contribution < -0.4 is 5.32 Å². The zero-order chi connectivity index (χ0) is 10.3. The Morgan fingerprint density at radius 1 is 1.24 bits per heavy atom. The maximum atomic E-state index is 6.00. The third-order valence-corrected chi connectivity index (χ3v) is 3.50. The van der Waals surface area contributed by atoms with Crippen LogP contribution in [-0.2, 0) is 16.9 Å². The first-order chi connectivity index (χ1) is 7.30. The smallest absolute Gasteiger partial charge is 0.0979 e. The number of aryl methyl sites for hydroxylation is 1. The molecule has 0 bridgehead atoms. The van der Waals surface area contributed by atoms with Crippen molar-refractivity contribution in [1.82, 2.24) is 10.3 Å². The monoisotopic (exact) mass is 276 g/mol. The minimum Gasteiger partial charge on any atom is -0.364 e. The summed E-state index contributed by atoms with van der Waals surface area (Å²) in [4.78, 5) is 4.56. The Morgan fingerprint density at radius 3 is 2.65 bits per heavy atom. The highest BCUT2D eigenvalue weighted by Crippen LogP contribution is 2.41. The topological polar surface area (TPSA) is 34.1 Å². The molecule has 1 fully saturated rings. The van der Waals surface area contributed by atoms with Gasteiger partial charge in [0.1, 0.15) is 0 Å². The molecule has 0 saturated carbocycles. The van der Waals surface area contributed by atoms with Crippen molar-refractivity contribution in [3.05, 3.63) is 29.1 Å². The second kappa shape index (κ2) is 5.53. The van der Waals surface area contributed by atoms with Crippen molar-refractivity contribution in [2.75, 3.05) is 13.1 Å². The number of halogens is 2. The Labute approximate surface area is 114 Å². The lowest BCUT2D eigenvalue weighted by Crippen LogP contribution is -2.39. The van der Waals surface area contributed by atoms with E-state index < -0.39 is 0 Å². The van der Waals surface area contributed by atoms with Gasteiger partial charge in [0.15, 0.2) is 0 Å². The van der Waals surface area contributed by atoms with Crippen LogP contribution in [0.25, 0.3) is 0 Å². The van der Waals surface area contributed by atoms with E-state index in [1.807, 2.05) is 6.92 Å². The van der Waals surface area contributed by atoms with Crippen LogP contribution in [0.1, 0.15) is 29.8 Å². The van der Waals surface area contributed by atoms with Gasteiger partial charge in [0.05, 0.1) is 17.9 Å². The molecular weight excluding hydrogens is 259 g/mol. The quantitative estimate of drug-likeness (QED) is 0.790. The molecule has 1 N–H and O–H groups in total. The fourth-order valence-corrected chi connectivity index (χ4v) is 2.66. The van der Waals surface area contributed by atoms with Crippen molar-refractivity contribution in [3.63, 3.8) is 0 Å². The largest absolute Gasteiger partial charge is 0.364 e. The molecule has 1 aromatic heterocycles. The molecule has 1 saturated heterocycles. The van der Waals surface area contributed by atoms with Crippen molar-refractivity contribution in [2.45, 2.75) is 32.0 Å². The fraction of sp³-hybridized carbons (Fsp3) is 0.583. The van der Waals surface area contributed by atoms with Crippen LogP contribution in [0, 0.1) is 6.92 Å². The highest BCUT2D eigenvalue weighted by molar-refractivity contribution is 5.85. The number of hydrogen-bond acceptors (Lipinski definition) is 3. The van der Waals surface area contributed by atoms with Crippen molar-refractivity contribution in [2.24, 2.45) is 0 Å². The summed E-state index contributed by atoms with van der Waals surface area (Å²) >= 11 is 0. The third kappa shape index (κ3) is 2.43. The Hall–Kier alpha value is -0.350. The van der Waals surface area contributed by atoms with E-state index >= 15 is 0 Å². The molecule has 0 aliphatic carbocycles. The molecular formula is C12H18Cl2N2O. The molecule has 5 heteroatoms. The summed E-state index contributed by atoms with van der Waals surface area (Å²) in [6, 6.07) is 4.30. The summed E-state index contributed by atoms with van der Waals surface area (Å²) in [5.41, 5.74) is 3.54. The van der Waals surface area contributed by atoms with Crippen LogP contribution in [0.3, 0.4) is 0 Å². The first-order valence-corrected chi connectivity index (χ1v) is 5.62. The van der Waals surface area contributed by atoms with E-state index in [2.05, 4.69) is 22.4 Å². The van der Waals surface area contributed by atoms with Crippen LogP contribution in [0.15, 0.2) is 12.1 Å². The van der Waals surface area contributed by atoms with E-state index in [-0.39, 0.29) is 30.4 Å². The summed E-state index contributed by atoms with van der Waals surface area (Å²) in [5.74, 6) is 0. The summed E-state index contributed by atoms with van der Waals surface area (Å²) in [5, 5.41) is 3.38. The number of aromatic nitrogens is 1. The van der Waals surface area contributed by atoms with Gasteiger partial charge < -0.3 is 10.1 Å². The van der Waals surface area contributed by atoms with Crippen LogP contribution in [0.4, 0.5) is 0 Å². The SMILES string of the molecule is Cc1ccc2c(n1)COC21CCNCC1.Cl.Cl. The molecule has 96 valence electrons. The van der Waals surface area contributed by atoms with E-state index in [9.17, 15) is 0 Å². The second-order valence-electron chi connectivity index (χ2n) is 4.48. The number of hydrogen-bond donors (Lipinski definition) is 1. The van der Waals surface area contributed by atoms with Crippen molar-refractivity contribution in [3.8, 4) is 0 Å². The second-order valence-corrected chi connectivity index (χ2v) is 4.48. The lowest BCUT2D eigenvalue weighted by molar-refractivity contribution is -0.0593. The molecule has 17 heavy (non-hydrogen) atoms. The molecule has 2 aliphatic heterocycles. The molecule has 3 rings (SSSR count). The highest BCUT2D eigenvalue weighted by Gasteiger charge is 2.41. The minimum atomic E-state index is -0.0265. The molecule has 0 unspecified atom stereocenters. The number of nitrogens with one attached hydrogen (secondary N) is 1. The van der Waals surface area contributed by atoms with Gasteiger partial charge in [0.2, 0.25) is 0 Å². The van der Waals surface area contributed by atoms with Crippen LogP contribution in [0.2, 0.25) is 0 Å². The van der Waals surface area contributed by atoms with E-state index in [1.54, 1.807) is 0 Å². The average molecular weight is 277 g/mol. The number of piperidine rings is 1. The Balaban J connectivity index is 0.000000722. The van der Waals surface area contributed by atoms with Crippen molar-refractivity contribution in [1.29, 1.82) is 0 Å². The Bertz CT molecular complexity index is 392. The summed E-state index contributed by atoms with van der Waals surface area (Å²) in [6.07, 6.45) is 2.15. The summed E-state index contributed by atoms with van der Waals surface area (Å²) in [7, 11) is 0. The Kier molecular flexibility index (Phi) is 4.78. The molecule has 3 heterocycles. The first kappa shape index (κ1) is 14.7. The number of ether oxygens (including phenoxy) is 1. The van der Waals surface area contributed by atoms with Gasteiger partial charge in [-0.1, -0.05) is 6.07 Å². The average Bonchev–Trinajstić information content (AvgIpc) is 2.58. The third-order valence-electron chi connectivity index (χ3n) is 3.50. The molecule has 1 aromatic rings. The predicted molar refractivity (Wildman–Crippen MR) is 72.0 cm³/mol. The van der Waals surface area contributed by atoms with Gasteiger partial charge in [0, 0.05) is 11.3 Å². The van der Waals surface area contributed by atoms with E-state index in [0.29, 0.717) is 6.61 Å². The van der Waals surface area contributed by atoms with Crippen LogP contribution >= 0.6 is 24.8 Å². The zero-order valence-corrected chi connectivity index (χ0v) is 11.5. The zero-order valence-electron chi connectivity index (χ0n) is 9.86. The lowest BCUT2D eigenvalue weighted by Gasteiger charge is -2.33. The van der Waals surface area contributed by atoms with Crippen LogP contribution in [-0.4, -0.2) is 18.1 Å². The number of rotatable bonds is 0. The van der Waals surface area contributed by atoms with Crippen molar-refractivity contribution < 1.29 is 4.74 Å². The molecule has 0 amide bonds. The maximum Gasteiger partial charge on any atom is 0.0979 e. The molecule has 0 aromatic carbocycles. The molecule has 0 radical (unpaired) electrons. The van der Waals surface area contributed by atoms with Gasteiger partial charge in [-0.15, -0.1) is 24.8 Å². The number of fused-ring (bicyclic) bond motifs is 2. The molecule has 0 atom stereocenters. The van der Waals surface area contributed by atoms with E-state index in [0.717, 1.165) is 37.3 Å². The van der Waals surface area contributed by atoms with Gasteiger partial charge in [-0.05, 0) is 38.9 Å². The van der Waals surface area contributed by atoms with E-state index in [4.69, 9.17) is 4.74 Å². The normalized spacial score (nSPS) is 20.3. The van der Waals surface area contributed by atoms with Crippen molar-refractivity contribution >= 4 is 24.8 Å². The summed E-state index contributed by atoms with van der Waals surface area (Å²) in [6.45, 7) is 4.82. The van der Waals surface area contributed by atoms with Gasteiger partial charge in [-0.25, -0.2) is 0 Å². The molecule has 3 nitrogen and oxygen atoms in total. The molecule has 2 aliphatic rings. The van der Waals surface area contributed by atoms with Gasteiger partial charge >= 0.3 is 0 Å². The van der Waals surface area contributed by atoms with E-state index in [1.165, 1.54) is 5.56 Å². The standard InChI is InChI=1S/C12H16N2O.2ClH/c1-9-2-3-10-11(14-9)8-15-12(10)4-6-13-7-5-12;;/h2-3,13H,4-8H2,1H3;2*1H. The minimum absolute atomic E-state index is 0. The maximum absolute atomic E-state index is 6.00. The number of pyridine rings is 1. The highest BCUT2D eigenvalue weighted by atomic mass is 35.5. The first-order valence-electron chi connectivity index (χ1n) is 5.62. The predicted octanol–water partition coefficient (Wildman–Crippen LogP) is 2.34. The van der Waals surface area contributed by atoms with Gasteiger partial charge in [-0.2, -0.15) is 0 Å². The van der Waals surface area contributed by atoms with Gasteiger partial charge in [-0.3, -0.25) is 4.98 Å². The number of nitrogens with zero attached hydrogens (tertiary/aromatic N) is 1. The fourth-order valence-electron chi connectivity index (χ4n) is 2.66. The Morgan fingerprint density at radius 2 is 1.94 bits per heavy atom. The van der Waals surface area contributed by atoms with Crippen LogP contribution in [0.5, 0.6) is 0 Å². The summed E-state index contributed by atoms with van der Waals surface area (Å²) < 4.78 is 6.00. The van der Waals surface area contributed by atoms with Gasteiger partial charge in [0.25, 0.3) is 0 Å². The molecule has 1 spiro atoms. The lowest BCUT2D eigenvalue weighted by atomic mass is 9.85.